The summed E-state index contributed by atoms with van der Waals surface area (Å²) in [5, 5.41) is 1.59. The van der Waals surface area contributed by atoms with Crippen LogP contribution in [0.25, 0.3) is 0 Å². The first-order valence-electron chi connectivity index (χ1n) is 7.15. The third-order valence-electron chi connectivity index (χ3n) is 3.18. The average Bonchev–Trinajstić information content (AvgIpc) is 2.55. The third-order valence-corrected chi connectivity index (χ3v) is 5.95. The van der Waals surface area contributed by atoms with Crippen LogP contribution in [0, 0.1) is 0 Å². The number of benzene rings is 2. The summed E-state index contributed by atoms with van der Waals surface area (Å²) in [4.78, 5) is 10.7. The maximum absolute atomic E-state index is 13.5. The standard InChI is InChI=1S/C18H19O3P/c1-16(19)21-14-8-9-15-22(20,17-10-4-2-5-11-17)18-12-6-3-7-13-18/h2-7,9-13,15H,8,14H2,1H3. The molecule has 2 aromatic rings. The van der Waals surface area contributed by atoms with Crippen LogP contribution in [0.2, 0.25) is 0 Å². The van der Waals surface area contributed by atoms with Crippen LogP contribution in [0.3, 0.4) is 0 Å². The Hall–Kier alpha value is -2.12. The van der Waals surface area contributed by atoms with Crippen LogP contribution in [-0.2, 0) is 14.1 Å². The smallest absolute Gasteiger partial charge is 0.302 e. The average molecular weight is 314 g/mol. The molecule has 22 heavy (non-hydrogen) atoms. The van der Waals surface area contributed by atoms with Crippen molar-refractivity contribution in [1.29, 1.82) is 0 Å². The second-order valence-corrected chi connectivity index (χ2v) is 7.49. The van der Waals surface area contributed by atoms with Gasteiger partial charge in [0, 0.05) is 24.0 Å². The van der Waals surface area contributed by atoms with Crippen molar-refractivity contribution in [3.63, 3.8) is 0 Å². The molecule has 0 saturated carbocycles. The molecule has 0 heterocycles. The summed E-state index contributed by atoms with van der Waals surface area (Å²) < 4.78 is 18.4. The molecule has 0 aliphatic rings. The van der Waals surface area contributed by atoms with E-state index in [4.69, 9.17) is 4.74 Å². The Kier molecular flexibility index (Phi) is 5.74. The van der Waals surface area contributed by atoms with Crippen LogP contribution < -0.4 is 10.6 Å². The van der Waals surface area contributed by atoms with Gasteiger partial charge in [0.05, 0.1) is 6.61 Å². The van der Waals surface area contributed by atoms with Crippen molar-refractivity contribution >= 4 is 23.7 Å². The van der Waals surface area contributed by atoms with Gasteiger partial charge in [0.1, 0.15) is 0 Å². The van der Waals surface area contributed by atoms with Gasteiger partial charge in [-0.1, -0.05) is 66.7 Å². The lowest BCUT2D eigenvalue weighted by atomic mass is 10.4. The molecule has 0 saturated heterocycles. The Morgan fingerprint density at radius 3 is 1.95 bits per heavy atom. The van der Waals surface area contributed by atoms with E-state index in [1.807, 2.05) is 66.7 Å². The van der Waals surface area contributed by atoms with Crippen LogP contribution in [0.15, 0.2) is 72.6 Å². The fourth-order valence-corrected chi connectivity index (χ4v) is 4.43. The molecule has 0 fully saturated rings. The van der Waals surface area contributed by atoms with E-state index >= 15 is 0 Å². The molecule has 0 atom stereocenters. The first-order chi connectivity index (χ1) is 10.6. The van der Waals surface area contributed by atoms with E-state index in [0.717, 1.165) is 10.6 Å². The van der Waals surface area contributed by atoms with Gasteiger partial charge in [-0.3, -0.25) is 4.79 Å². The largest absolute Gasteiger partial charge is 0.466 e. The van der Waals surface area contributed by atoms with Gasteiger partial charge in [-0.25, -0.2) is 0 Å². The quantitative estimate of drug-likeness (QED) is 0.466. The summed E-state index contributed by atoms with van der Waals surface area (Å²) >= 11 is 0. The Bertz CT molecular complexity index is 634. The van der Waals surface area contributed by atoms with Crippen molar-refractivity contribution in [3.05, 3.63) is 72.6 Å². The number of carbonyl (C=O) groups is 1. The molecule has 114 valence electrons. The summed E-state index contributed by atoms with van der Waals surface area (Å²) in [6.45, 7) is 1.68. The molecular formula is C18H19O3P. The Balaban J connectivity index is 2.26. The highest BCUT2D eigenvalue weighted by molar-refractivity contribution is 7.81. The minimum absolute atomic E-state index is 0.301. The summed E-state index contributed by atoms with van der Waals surface area (Å²) in [6.07, 6.45) is 2.37. The number of esters is 1. The molecule has 0 N–H and O–H groups in total. The number of hydrogen-bond acceptors (Lipinski definition) is 3. The molecule has 0 aliphatic heterocycles. The monoisotopic (exact) mass is 314 g/mol. The van der Waals surface area contributed by atoms with Crippen molar-refractivity contribution in [2.24, 2.45) is 0 Å². The van der Waals surface area contributed by atoms with Gasteiger partial charge in [0.25, 0.3) is 0 Å². The van der Waals surface area contributed by atoms with Crippen molar-refractivity contribution in [2.45, 2.75) is 13.3 Å². The third kappa shape index (κ3) is 4.19. The van der Waals surface area contributed by atoms with E-state index in [1.165, 1.54) is 6.92 Å². The zero-order chi connectivity index (χ0) is 15.8. The Morgan fingerprint density at radius 2 is 1.50 bits per heavy atom. The zero-order valence-electron chi connectivity index (χ0n) is 12.5. The fraction of sp³-hybridized carbons (Fsp3) is 0.167. The van der Waals surface area contributed by atoms with E-state index in [1.54, 1.807) is 5.82 Å². The van der Waals surface area contributed by atoms with Crippen LogP contribution in [-0.4, -0.2) is 12.6 Å². The molecule has 2 rings (SSSR count). The maximum atomic E-state index is 13.5. The van der Waals surface area contributed by atoms with Crippen molar-refractivity contribution in [1.82, 2.24) is 0 Å². The Morgan fingerprint density at radius 1 is 1.00 bits per heavy atom. The predicted molar refractivity (Wildman–Crippen MR) is 90.1 cm³/mol. The van der Waals surface area contributed by atoms with Gasteiger partial charge in [-0.05, 0) is 5.82 Å². The first kappa shape index (κ1) is 16.3. The molecule has 0 spiro atoms. The topological polar surface area (TPSA) is 43.4 Å². The van der Waals surface area contributed by atoms with Crippen molar-refractivity contribution in [2.75, 3.05) is 6.61 Å². The summed E-state index contributed by atoms with van der Waals surface area (Å²) in [7, 11) is -2.81. The second kappa shape index (κ2) is 7.77. The lowest BCUT2D eigenvalue weighted by molar-refractivity contribution is -0.140. The van der Waals surface area contributed by atoms with E-state index in [0.29, 0.717) is 13.0 Å². The SMILES string of the molecule is CC(=O)OCCC=CP(=O)(c1ccccc1)c1ccccc1. The maximum Gasteiger partial charge on any atom is 0.302 e. The highest BCUT2D eigenvalue weighted by Crippen LogP contribution is 2.44. The van der Waals surface area contributed by atoms with Crippen molar-refractivity contribution in [3.8, 4) is 0 Å². The minimum atomic E-state index is -2.81. The van der Waals surface area contributed by atoms with Gasteiger partial charge in [0.15, 0.2) is 7.14 Å². The molecule has 0 radical (unpaired) electrons. The second-order valence-electron chi connectivity index (χ2n) is 4.84. The van der Waals surface area contributed by atoms with E-state index < -0.39 is 7.14 Å². The fourth-order valence-electron chi connectivity index (χ4n) is 2.11. The lowest BCUT2D eigenvalue weighted by Crippen LogP contribution is -2.13. The molecule has 0 aliphatic carbocycles. The number of rotatable bonds is 6. The minimum Gasteiger partial charge on any atom is -0.466 e. The van der Waals surface area contributed by atoms with E-state index in [-0.39, 0.29) is 5.97 Å². The molecule has 0 amide bonds. The van der Waals surface area contributed by atoms with E-state index in [9.17, 15) is 9.36 Å². The zero-order valence-corrected chi connectivity index (χ0v) is 13.4. The molecule has 3 nitrogen and oxygen atoms in total. The van der Waals surface area contributed by atoms with Gasteiger partial charge >= 0.3 is 5.97 Å². The highest BCUT2D eigenvalue weighted by Gasteiger charge is 2.23. The van der Waals surface area contributed by atoms with Crippen LogP contribution in [0.4, 0.5) is 0 Å². The van der Waals surface area contributed by atoms with Crippen molar-refractivity contribution < 1.29 is 14.1 Å². The number of ether oxygens (including phenoxy) is 1. The predicted octanol–water partition coefficient (Wildman–Crippen LogP) is 3.47. The van der Waals surface area contributed by atoms with Crippen LogP contribution in [0.1, 0.15) is 13.3 Å². The number of hydrogen-bond donors (Lipinski definition) is 0. The summed E-state index contributed by atoms with van der Waals surface area (Å²) in [6, 6.07) is 18.9. The molecule has 4 heteroatoms. The molecule has 0 unspecified atom stereocenters. The normalized spacial score (nSPS) is 11.5. The van der Waals surface area contributed by atoms with Gasteiger partial charge in [-0.15, -0.1) is 0 Å². The first-order valence-corrected chi connectivity index (χ1v) is 8.92. The summed E-state index contributed by atoms with van der Waals surface area (Å²) in [5.74, 6) is 1.45. The summed E-state index contributed by atoms with van der Waals surface area (Å²) in [5.41, 5.74) is 0. The van der Waals surface area contributed by atoms with Gasteiger partial charge in [0.2, 0.25) is 0 Å². The van der Waals surface area contributed by atoms with Gasteiger partial charge in [-0.2, -0.15) is 0 Å². The molecule has 2 aromatic carbocycles. The van der Waals surface area contributed by atoms with E-state index in [2.05, 4.69) is 0 Å². The molecule has 0 aromatic heterocycles. The number of carbonyl (C=O) groups excluding carboxylic acids is 1. The van der Waals surface area contributed by atoms with Gasteiger partial charge < -0.3 is 9.30 Å². The van der Waals surface area contributed by atoms with Crippen LogP contribution in [0.5, 0.6) is 0 Å². The highest BCUT2D eigenvalue weighted by atomic mass is 31.2. The molecular weight excluding hydrogens is 295 g/mol. The lowest BCUT2D eigenvalue weighted by Gasteiger charge is -2.15. The molecule has 0 bridgehead atoms. The Labute approximate surface area is 131 Å². The van der Waals surface area contributed by atoms with Crippen LogP contribution >= 0.6 is 7.14 Å².